The van der Waals surface area contributed by atoms with E-state index in [2.05, 4.69) is 5.32 Å². The lowest BCUT2D eigenvalue weighted by Crippen LogP contribution is -2.53. The smallest absolute Gasteiger partial charge is 0.252 e. The predicted octanol–water partition coefficient (Wildman–Crippen LogP) is 1.57. The summed E-state index contributed by atoms with van der Waals surface area (Å²) in [7, 11) is 0. The maximum Gasteiger partial charge on any atom is 0.252 e. The lowest BCUT2D eigenvalue weighted by Gasteiger charge is -2.35. The van der Waals surface area contributed by atoms with Gasteiger partial charge >= 0.3 is 0 Å². The van der Waals surface area contributed by atoms with Crippen molar-refractivity contribution in [3.63, 3.8) is 0 Å². The lowest BCUT2D eigenvalue weighted by atomic mass is 9.97. The molecule has 1 aromatic rings. The third-order valence-electron chi connectivity index (χ3n) is 4.69. The number of nitrogens with one attached hydrogen (secondary N) is 1. The fraction of sp³-hybridized carbons (Fsp3) is 0.529. The van der Waals surface area contributed by atoms with Gasteiger partial charge in [0.2, 0.25) is 5.91 Å². The van der Waals surface area contributed by atoms with E-state index in [0.29, 0.717) is 18.0 Å². The van der Waals surface area contributed by atoms with Crippen molar-refractivity contribution in [3.8, 4) is 0 Å². The van der Waals surface area contributed by atoms with Crippen LogP contribution in [0.2, 0.25) is 0 Å². The normalized spacial score (nSPS) is 22.0. The van der Waals surface area contributed by atoms with Crippen LogP contribution in [0.4, 0.5) is 0 Å². The summed E-state index contributed by atoms with van der Waals surface area (Å²) >= 11 is 0. The van der Waals surface area contributed by atoms with Crippen molar-refractivity contribution in [2.24, 2.45) is 11.7 Å². The summed E-state index contributed by atoms with van der Waals surface area (Å²) in [5.41, 5.74) is 5.66. The zero-order chi connectivity index (χ0) is 15.6. The molecule has 0 aromatic heterocycles. The molecule has 1 saturated carbocycles. The minimum Gasteiger partial charge on any atom is -0.340 e. The minimum absolute atomic E-state index is 0. The Bertz CT molecular complexity index is 560. The summed E-state index contributed by atoms with van der Waals surface area (Å²) in [6.07, 6.45) is 3.54. The van der Waals surface area contributed by atoms with E-state index < -0.39 is 5.54 Å². The van der Waals surface area contributed by atoms with Gasteiger partial charge < -0.3 is 16.0 Å². The van der Waals surface area contributed by atoms with Crippen LogP contribution in [0.15, 0.2) is 30.3 Å². The molecule has 1 aliphatic carbocycles. The zero-order valence-corrected chi connectivity index (χ0v) is 14.0. The van der Waals surface area contributed by atoms with Crippen molar-refractivity contribution in [2.45, 2.75) is 31.2 Å². The number of likely N-dealkylation sites (tertiary alicyclic amines) is 1. The molecule has 1 heterocycles. The molecule has 23 heavy (non-hydrogen) atoms. The fourth-order valence-corrected chi connectivity index (χ4v) is 3.14. The Hall–Kier alpha value is -1.59. The minimum atomic E-state index is -0.677. The Balaban J connectivity index is 0.00000192. The molecule has 6 heteroatoms. The number of halogens is 1. The highest BCUT2D eigenvalue weighted by Gasteiger charge is 2.53. The molecule has 0 radical (unpaired) electrons. The molecule has 1 atom stereocenters. The van der Waals surface area contributed by atoms with Gasteiger partial charge in [-0.1, -0.05) is 18.2 Å². The van der Waals surface area contributed by atoms with E-state index in [-0.39, 0.29) is 24.2 Å². The SMILES string of the molecule is Cl.NCC1CCCN(C(=O)C2(NC(=O)c3ccccc3)CC2)C1. The molecule has 2 fully saturated rings. The van der Waals surface area contributed by atoms with Gasteiger partial charge in [-0.05, 0) is 50.3 Å². The Morgan fingerprint density at radius 2 is 1.96 bits per heavy atom. The Labute approximate surface area is 143 Å². The molecular formula is C17H24ClN3O2. The molecule has 5 nitrogen and oxygen atoms in total. The highest BCUT2D eigenvalue weighted by molar-refractivity contribution is 6.00. The Morgan fingerprint density at radius 1 is 1.26 bits per heavy atom. The predicted molar refractivity (Wildman–Crippen MR) is 91.5 cm³/mol. The van der Waals surface area contributed by atoms with Crippen molar-refractivity contribution < 1.29 is 9.59 Å². The summed E-state index contributed by atoms with van der Waals surface area (Å²) in [6.45, 7) is 2.11. The number of rotatable bonds is 4. The van der Waals surface area contributed by atoms with Crippen molar-refractivity contribution in [1.82, 2.24) is 10.2 Å². The maximum atomic E-state index is 12.8. The van der Waals surface area contributed by atoms with Gasteiger partial charge in [0, 0.05) is 18.7 Å². The number of nitrogens with two attached hydrogens (primary N) is 1. The first-order valence-corrected chi connectivity index (χ1v) is 8.02. The van der Waals surface area contributed by atoms with Crippen LogP contribution in [0.5, 0.6) is 0 Å². The van der Waals surface area contributed by atoms with E-state index in [1.54, 1.807) is 12.1 Å². The van der Waals surface area contributed by atoms with Gasteiger partial charge in [-0.2, -0.15) is 0 Å². The number of hydrogen-bond acceptors (Lipinski definition) is 3. The molecule has 2 aliphatic rings. The van der Waals surface area contributed by atoms with E-state index >= 15 is 0 Å². The van der Waals surface area contributed by atoms with Crippen LogP contribution in [-0.4, -0.2) is 41.9 Å². The van der Waals surface area contributed by atoms with E-state index in [4.69, 9.17) is 5.73 Å². The molecule has 1 aromatic carbocycles. The first-order chi connectivity index (χ1) is 10.6. The molecule has 1 saturated heterocycles. The lowest BCUT2D eigenvalue weighted by molar-refractivity contribution is -0.136. The van der Waals surface area contributed by atoms with Gasteiger partial charge in [-0.3, -0.25) is 9.59 Å². The second-order valence-corrected chi connectivity index (χ2v) is 6.40. The molecule has 2 amide bonds. The van der Waals surface area contributed by atoms with Crippen LogP contribution in [-0.2, 0) is 4.79 Å². The average molecular weight is 338 g/mol. The van der Waals surface area contributed by atoms with E-state index in [9.17, 15) is 9.59 Å². The van der Waals surface area contributed by atoms with Gasteiger partial charge in [0.1, 0.15) is 5.54 Å². The molecular weight excluding hydrogens is 314 g/mol. The fourth-order valence-electron chi connectivity index (χ4n) is 3.14. The van der Waals surface area contributed by atoms with E-state index in [0.717, 1.165) is 38.8 Å². The monoisotopic (exact) mass is 337 g/mol. The average Bonchev–Trinajstić information content (AvgIpc) is 3.35. The van der Waals surface area contributed by atoms with Crippen LogP contribution in [0.1, 0.15) is 36.0 Å². The van der Waals surface area contributed by atoms with E-state index in [1.807, 2.05) is 23.1 Å². The molecule has 0 bridgehead atoms. The van der Waals surface area contributed by atoms with E-state index in [1.165, 1.54) is 0 Å². The summed E-state index contributed by atoms with van der Waals surface area (Å²) in [6, 6.07) is 9.05. The molecule has 0 spiro atoms. The number of nitrogens with zero attached hydrogens (tertiary/aromatic N) is 1. The summed E-state index contributed by atoms with van der Waals surface area (Å²) in [4.78, 5) is 27.0. The molecule has 3 rings (SSSR count). The number of amides is 2. The molecule has 3 N–H and O–H groups in total. The Kier molecular flexibility index (Phi) is 5.65. The second kappa shape index (κ2) is 7.32. The van der Waals surface area contributed by atoms with Gasteiger partial charge in [0.15, 0.2) is 0 Å². The van der Waals surface area contributed by atoms with Crippen LogP contribution in [0.25, 0.3) is 0 Å². The summed E-state index contributed by atoms with van der Waals surface area (Å²) < 4.78 is 0. The largest absolute Gasteiger partial charge is 0.340 e. The highest BCUT2D eigenvalue weighted by atomic mass is 35.5. The third kappa shape index (κ3) is 3.85. The second-order valence-electron chi connectivity index (χ2n) is 6.40. The number of hydrogen-bond donors (Lipinski definition) is 2. The van der Waals surface area contributed by atoms with Crippen LogP contribution >= 0.6 is 12.4 Å². The number of carbonyl (C=O) groups is 2. The van der Waals surface area contributed by atoms with Crippen molar-refractivity contribution >= 4 is 24.2 Å². The Morgan fingerprint density at radius 3 is 2.57 bits per heavy atom. The van der Waals surface area contributed by atoms with Crippen molar-refractivity contribution in [2.75, 3.05) is 19.6 Å². The van der Waals surface area contributed by atoms with Crippen LogP contribution in [0, 0.1) is 5.92 Å². The van der Waals surface area contributed by atoms with Crippen LogP contribution in [0.3, 0.4) is 0 Å². The number of benzene rings is 1. The van der Waals surface area contributed by atoms with Gasteiger partial charge in [0.25, 0.3) is 5.91 Å². The first kappa shape index (κ1) is 17.8. The summed E-state index contributed by atoms with van der Waals surface area (Å²) in [5.74, 6) is 0.284. The van der Waals surface area contributed by atoms with Gasteiger partial charge in [-0.15, -0.1) is 12.4 Å². The standard InChI is InChI=1S/C17H23N3O2.ClH/c18-11-13-5-4-10-20(12-13)16(22)17(8-9-17)19-15(21)14-6-2-1-3-7-14;/h1-3,6-7,13H,4-5,8-12,18H2,(H,19,21);1H. The van der Waals surface area contributed by atoms with Crippen molar-refractivity contribution in [1.29, 1.82) is 0 Å². The molecule has 1 unspecified atom stereocenters. The molecule has 1 aliphatic heterocycles. The van der Waals surface area contributed by atoms with Gasteiger partial charge in [0.05, 0.1) is 0 Å². The third-order valence-corrected chi connectivity index (χ3v) is 4.69. The van der Waals surface area contributed by atoms with Crippen LogP contribution < -0.4 is 11.1 Å². The van der Waals surface area contributed by atoms with Crippen molar-refractivity contribution in [3.05, 3.63) is 35.9 Å². The summed E-state index contributed by atoms with van der Waals surface area (Å²) in [5, 5.41) is 2.95. The number of piperidine rings is 1. The topological polar surface area (TPSA) is 75.4 Å². The number of carbonyl (C=O) groups excluding carboxylic acids is 2. The highest BCUT2D eigenvalue weighted by Crippen LogP contribution is 2.38. The maximum absolute atomic E-state index is 12.8. The zero-order valence-electron chi connectivity index (χ0n) is 13.2. The quantitative estimate of drug-likeness (QED) is 0.875. The molecule has 126 valence electrons. The van der Waals surface area contributed by atoms with Gasteiger partial charge in [-0.25, -0.2) is 0 Å². The first-order valence-electron chi connectivity index (χ1n) is 8.02.